The van der Waals surface area contributed by atoms with Gasteiger partial charge < -0.3 is 5.73 Å². The van der Waals surface area contributed by atoms with Gasteiger partial charge in [0.15, 0.2) is 5.82 Å². The van der Waals surface area contributed by atoms with E-state index in [9.17, 15) is 13.2 Å². The van der Waals surface area contributed by atoms with Gasteiger partial charge in [-0.25, -0.2) is 18.4 Å². The molecular formula is C16H18N4O3S. The second-order valence-corrected chi connectivity index (χ2v) is 7.65. The maximum atomic E-state index is 12.7. The Morgan fingerprint density at radius 1 is 1.17 bits per heavy atom. The quantitative estimate of drug-likeness (QED) is 0.890. The summed E-state index contributed by atoms with van der Waals surface area (Å²) in [6, 6.07) is 9.31. The molecule has 0 spiro atoms. The van der Waals surface area contributed by atoms with E-state index in [0.29, 0.717) is 25.2 Å². The number of sulfonamides is 1. The lowest BCUT2D eigenvalue weighted by molar-refractivity contribution is -0.122. The normalized spacial score (nSPS) is 19.1. The minimum Gasteiger partial charge on any atom is -0.369 e. The van der Waals surface area contributed by atoms with Crippen molar-refractivity contribution in [2.24, 2.45) is 11.7 Å². The fraction of sp³-hybridized carbons (Fsp3) is 0.312. The number of aromatic nitrogens is 2. The molecule has 1 aliphatic heterocycles. The topological polar surface area (TPSA) is 106 Å². The van der Waals surface area contributed by atoms with Gasteiger partial charge in [0, 0.05) is 18.7 Å². The van der Waals surface area contributed by atoms with Crippen LogP contribution in [0, 0.1) is 5.92 Å². The number of piperidine rings is 1. The first-order valence-corrected chi connectivity index (χ1v) is 9.09. The number of primary amides is 1. The van der Waals surface area contributed by atoms with E-state index in [1.807, 2.05) is 30.3 Å². The molecule has 0 radical (unpaired) electrons. The summed E-state index contributed by atoms with van der Waals surface area (Å²) >= 11 is 0. The van der Waals surface area contributed by atoms with Gasteiger partial charge in [-0.15, -0.1) is 0 Å². The Morgan fingerprint density at radius 2 is 1.83 bits per heavy atom. The van der Waals surface area contributed by atoms with Crippen LogP contribution < -0.4 is 5.73 Å². The van der Waals surface area contributed by atoms with Crippen LogP contribution in [0.1, 0.15) is 12.8 Å². The van der Waals surface area contributed by atoms with Crippen LogP contribution >= 0.6 is 0 Å². The number of nitrogens with two attached hydrogens (primary N) is 1. The molecule has 2 N–H and O–H groups in total. The van der Waals surface area contributed by atoms with E-state index in [4.69, 9.17) is 5.73 Å². The van der Waals surface area contributed by atoms with Crippen LogP contribution in [0.15, 0.2) is 47.6 Å². The predicted octanol–water partition coefficient (Wildman–Crippen LogP) is 1.03. The van der Waals surface area contributed by atoms with Crippen molar-refractivity contribution >= 4 is 15.9 Å². The third-order valence-corrected chi connectivity index (χ3v) is 5.90. The summed E-state index contributed by atoms with van der Waals surface area (Å²) in [6.45, 7) is 0.477. The first-order valence-electron chi connectivity index (χ1n) is 7.65. The molecular weight excluding hydrogens is 328 g/mol. The molecule has 1 fully saturated rings. The molecule has 1 aromatic heterocycles. The molecule has 0 aliphatic carbocycles. The Kier molecular flexibility index (Phi) is 4.59. The summed E-state index contributed by atoms with van der Waals surface area (Å²) in [6.07, 6.45) is 3.83. The van der Waals surface area contributed by atoms with Crippen molar-refractivity contribution in [3.05, 3.63) is 42.7 Å². The number of carbonyl (C=O) groups is 1. The van der Waals surface area contributed by atoms with E-state index in [2.05, 4.69) is 9.97 Å². The third-order valence-electron chi connectivity index (χ3n) is 4.08. The van der Waals surface area contributed by atoms with Gasteiger partial charge >= 0.3 is 0 Å². The average Bonchev–Trinajstić information content (AvgIpc) is 2.62. The highest BCUT2D eigenvalue weighted by atomic mass is 32.2. The van der Waals surface area contributed by atoms with Crippen molar-refractivity contribution in [3.63, 3.8) is 0 Å². The summed E-state index contributed by atoms with van der Waals surface area (Å²) < 4.78 is 26.7. The zero-order valence-corrected chi connectivity index (χ0v) is 13.8. The lowest BCUT2D eigenvalue weighted by atomic mass is 9.99. The largest absolute Gasteiger partial charge is 0.369 e. The highest BCUT2D eigenvalue weighted by Crippen LogP contribution is 2.23. The second kappa shape index (κ2) is 6.66. The van der Waals surface area contributed by atoms with Crippen molar-refractivity contribution in [1.82, 2.24) is 14.3 Å². The Hall–Kier alpha value is -2.32. The van der Waals surface area contributed by atoms with Crippen molar-refractivity contribution in [3.8, 4) is 11.4 Å². The van der Waals surface area contributed by atoms with Gasteiger partial charge in [-0.2, -0.15) is 4.31 Å². The van der Waals surface area contributed by atoms with E-state index in [0.717, 1.165) is 5.56 Å². The number of benzene rings is 1. The van der Waals surface area contributed by atoms with Crippen LogP contribution in [0.25, 0.3) is 11.4 Å². The smallest absolute Gasteiger partial charge is 0.246 e. The zero-order chi connectivity index (χ0) is 17.2. The molecule has 0 saturated carbocycles. The SMILES string of the molecule is NC(=O)C1CCCN(S(=O)(=O)c2cnc(-c3ccccc3)nc2)C1. The number of hydrogen-bond acceptors (Lipinski definition) is 5. The minimum atomic E-state index is -3.73. The summed E-state index contributed by atoms with van der Waals surface area (Å²) in [5, 5.41) is 0. The van der Waals surface area contributed by atoms with Crippen LogP contribution in [-0.2, 0) is 14.8 Å². The lowest BCUT2D eigenvalue weighted by Crippen LogP contribution is -2.44. The first kappa shape index (κ1) is 16.5. The second-order valence-electron chi connectivity index (χ2n) is 5.71. The highest BCUT2D eigenvalue weighted by Gasteiger charge is 2.32. The number of hydrogen-bond donors (Lipinski definition) is 1. The molecule has 24 heavy (non-hydrogen) atoms. The Balaban J connectivity index is 1.83. The Morgan fingerprint density at radius 3 is 2.46 bits per heavy atom. The fourth-order valence-corrected chi connectivity index (χ4v) is 4.14. The third kappa shape index (κ3) is 3.29. The molecule has 2 aromatic rings. The molecule has 8 heteroatoms. The molecule has 1 aromatic carbocycles. The molecule has 7 nitrogen and oxygen atoms in total. The Bertz CT molecular complexity index is 822. The van der Waals surface area contributed by atoms with Gasteiger partial charge in [0.05, 0.1) is 18.3 Å². The van der Waals surface area contributed by atoms with Crippen LogP contribution in [0.3, 0.4) is 0 Å². The molecule has 1 aliphatic rings. The minimum absolute atomic E-state index is 0.0206. The van der Waals surface area contributed by atoms with E-state index in [1.165, 1.54) is 16.7 Å². The predicted molar refractivity (Wildman–Crippen MR) is 88.1 cm³/mol. The van der Waals surface area contributed by atoms with Crippen LogP contribution in [0.5, 0.6) is 0 Å². The molecule has 1 amide bonds. The van der Waals surface area contributed by atoms with Gasteiger partial charge in [-0.3, -0.25) is 4.79 Å². The molecule has 1 saturated heterocycles. The molecule has 126 valence electrons. The van der Waals surface area contributed by atoms with Crippen LogP contribution in [0.4, 0.5) is 0 Å². The molecule has 1 atom stereocenters. The lowest BCUT2D eigenvalue weighted by Gasteiger charge is -2.30. The van der Waals surface area contributed by atoms with Crippen LogP contribution in [0.2, 0.25) is 0 Å². The van der Waals surface area contributed by atoms with E-state index >= 15 is 0 Å². The van der Waals surface area contributed by atoms with Gasteiger partial charge in [0.2, 0.25) is 15.9 Å². The van der Waals surface area contributed by atoms with Gasteiger partial charge in [0.1, 0.15) is 4.90 Å². The van der Waals surface area contributed by atoms with E-state index < -0.39 is 21.8 Å². The van der Waals surface area contributed by atoms with E-state index in [-0.39, 0.29) is 11.4 Å². The zero-order valence-electron chi connectivity index (χ0n) is 13.0. The van der Waals surface area contributed by atoms with Gasteiger partial charge in [0.25, 0.3) is 0 Å². The number of rotatable bonds is 4. The van der Waals surface area contributed by atoms with Crippen molar-refractivity contribution in [1.29, 1.82) is 0 Å². The molecule has 2 heterocycles. The van der Waals surface area contributed by atoms with Crippen molar-refractivity contribution in [2.75, 3.05) is 13.1 Å². The number of carbonyl (C=O) groups excluding carboxylic acids is 1. The monoisotopic (exact) mass is 346 g/mol. The van der Waals surface area contributed by atoms with Gasteiger partial charge in [-0.05, 0) is 12.8 Å². The Labute approximate surface area is 140 Å². The van der Waals surface area contributed by atoms with Gasteiger partial charge in [-0.1, -0.05) is 30.3 Å². The maximum absolute atomic E-state index is 12.7. The summed E-state index contributed by atoms with van der Waals surface area (Å²) in [4.78, 5) is 19.7. The molecule has 1 unspecified atom stereocenters. The average molecular weight is 346 g/mol. The number of nitrogens with zero attached hydrogens (tertiary/aromatic N) is 3. The first-order chi connectivity index (χ1) is 11.5. The molecule has 0 bridgehead atoms. The maximum Gasteiger partial charge on any atom is 0.246 e. The van der Waals surface area contributed by atoms with E-state index in [1.54, 1.807) is 0 Å². The number of amides is 1. The fourth-order valence-electron chi connectivity index (χ4n) is 2.73. The van der Waals surface area contributed by atoms with Crippen LogP contribution in [-0.4, -0.2) is 41.7 Å². The summed E-state index contributed by atoms with van der Waals surface area (Å²) in [5.74, 6) is -0.452. The highest BCUT2D eigenvalue weighted by molar-refractivity contribution is 7.89. The standard InChI is InChI=1S/C16H18N4O3S/c17-15(21)13-7-4-8-20(11-13)24(22,23)14-9-18-16(19-10-14)12-5-2-1-3-6-12/h1-3,5-6,9-10,13H,4,7-8,11H2,(H2,17,21). The molecule has 3 rings (SSSR count). The van der Waals surface area contributed by atoms with Crippen molar-refractivity contribution in [2.45, 2.75) is 17.7 Å². The summed E-state index contributed by atoms with van der Waals surface area (Å²) in [5.41, 5.74) is 6.12. The summed E-state index contributed by atoms with van der Waals surface area (Å²) in [7, 11) is -3.73. The van der Waals surface area contributed by atoms with Crippen molar-refractivity contribution < 1.29 is 13.2 Å².